The van der Waals surface area contributed by atoms with Crippen molar-refractivity contribution in [1.82, 2.24) is 4.90 Å². The maximum absolute atomic E-state index is 10.7. The SMILES string of the molecule is COC=C1C[C@@H]2CN(C(=O)O)C[C@@H]2C1. The first-order valence-electron chi connectivity index (χ1n) is 4.89. The van der Waals surface area contributed by atoms with Crippen molar-refractivity contribution < 1.29 is 14.6 Å². The van der Waals surface area contributed by atoms with Gasteiger partial charge >= 0.3 is 6.09 Å². The highest BCUT2D eigenvalue weighted by molar-refractivity contribution is 5.65. The van der Waals surface area contributed by atoms with Crippen LogP contribution in [0, 0.1) is 11.8 Å². The van der Waals surface area contributed by atoms with Gasteiger partial charge in [0.25, 0.3) is 0 Å². The summed E-state index contributed by atoms with van der Waals surface area (Å²) >= 11 is 0. The molecule has 4 nitrogen and oxygen atoms in total. The van der Waals surface area contributed by atoms with Gasteiger partial charge in [0, 0.05) is 13.1 Å². The van der Waals surface area contributed by atoms with Gasteiger partial charge in [-0.2, -0.15) is 0 Å². The number of ether oxygens (including phenoxy) is 1. The normalized spacial score (nSPS) is 33.5. The van der Waals surface area contributed by atoms with Crippen LogP contribution >= 0.6 is 0 Å². The summed E-state index contributed by atoms with van der Waals surface area (Å²) in [4.78, 5) is 12.3. The van der Waals surface area contributed by atoms with Crippen LogP contribution in [0.15, 0.2) is 11.8 Å². The lowest BCUT2D eigenvalue weighted by atomic mass is 10.0. The molecule has 2 atom stereocenters. The van der Waals surface area contributed by atoms with E-state index in [0.717, 1.165) is 12.8 Å². The highest BCUT2D eigenvalue weighted by atomic mass is 16.5. The molecule has 1 saturated carbocycles. The van der Waals surface area contributed by atoms with Crippen molar-refractivity contribution >= 4 is 6.09 Å². The molecule has 1 aliphatic heterocycles. The van der Waals surface area contributed by atoms with Gasteiger partial charge in [-0.1, -0.05) is 0 Å². The van der Waals surface area contributed by atoms with Crippen LogP contribution in [0.25, 0.3) is 0 Å². The maximum atomic E-state index is 10.7. The van der Waals surface area contributed by atoms with E-state index in [-0.39, 0.29) is 0 Å². The number of likely N-dealkylation sites (tertiary alicyclic amines) is 1. The van der Waals surface area contributed by atoms with Gasteiger partial charge in [0.05, 0.1) is 13.4 Å². The van der Waals surface area contributed by atoms with Crippen LogP contribution in [0.1, 0.15) is 12.8 Å². The number of carbonyl (C=O) groups is 1. The third-order valence-electron chi connectivity index (χ3n) is 3.18. The summed E-state index contributed by atoms with van der Waals surface area (Å²) in [6.07, 6.45) is 3.03. The number of fused-ring (bicyclic) bond motifs is 1. The van der Waals surface area contributed by atoms with Crippen LogP contribution in [0.3, 0.4) is 0 Å². The summed E-state index contributed by atoms with van der Waals surface area (Å²) < 4.78 is 4.97. The minimum absolute atomic E-state index is 0.521. The summed E-state index contributed by atoms with van der Waals surface area (Å²) in [5.41, 5.74) is 1.33. The molecular weight excluding hydrogens is 182 g/mol. The van der Waals surface area contributed by atoms with Crippen LogP contribution in [0.5, 0.6) is 0 Å². The number of carboxylic acid groups (broad SMARTS) is 1. The Morgan fingerprint density at radius 3 is 2.50 bits per heavy atom. The molecule has 0 spiro atoms. The van der Waals surface area contributed by atoms with Gasteiger partial charge in [-0.15, -0.1) is 0 Å². The van der Waals surface area contributed by atoms with E-state index in [1.165, 1.54) is 10.5 Å². The largest absolute Gasteiger partial charge is 0.504 e. The minimum atomic E-state index is -0.781. The predicted molar refractivity (Wildman–Crippen MR) is 50.9 cm³/mol. The first-order valence-corrected chi connectivity index (χ1v) is 4.89. The van der Waals surface area contributed by atoms with Gasteiger partial charge in [0.15, 0.2) is 0 Å². The van der Waals surface area contributed by atoms with Gasteiger partial charge in [-0.05, 0) is 30.3 Å². The zero-order valence-corrected chi connectivity index (χ0v) is 8.27. The van der Waals surface area contributed by atoms with Crippen LogP contribution in [-0.4, -0.2) is 36.3 Å². The average molecular weight is 197 g/mol. The van der Waals surface area contributed by atoms with E-state index in [1.807, 2.05) is 6.26 Å². The number of rotatable bonds is 1. The zero-order valence-electron chi connectivity index (χ0n) is 8.27. The highest BCUT2D eigenvalue weighted by Crippen LogP contribution is 2.40. The van der Waals surface area contributed by atoms with Gasteiger partial charge in [-0.3, -0.25) is 0 Å². The van der Waals surface area contributed by atoms with Gasteiger partial charge < -0.3 is 14.7 Å². The molecule has 2 rings (SSSR count). The Kier molecular flexibility index (Phi) is 2.35. The van der Waals surface area contributed by atoms with Gasteiger partial charge in [0.1, 0.15) is 0 Å². The van der Waals surface area contributed by atoms with Crippen molar-refractivity contribution in [2.24, 2.45) is 11.8 Å². The third-order valence-corrected chi connectivity index (χ3v) is 3.18. The molecule has 2 fully saturated rings. The topological polar surface area (TPSA) is 49.8 Å². The lowest BCUT2D eigenvalue weighted by Gasteiger charge is -2.12. The summed E-state index contributed by atoms with van der Waals surface area (Å²) in [6, 6.07) is 0. The number of allylic oxidation sites excluding steroid dienone is 1. The van der Waals surface area contributed by atoms with Crippen molar-refractivity contribution in [3.63, 3.8) is 0 Å². The van der Waals surface area contributed by atoms with E-state index < -0.39 is 6.09 Å². The molecule has 0 radical (unpaired) electrons. The fourth-order valence-electron chi connectivity index (χ4n) is 2.58. The average Bonchev–Trinajstić information content (AvgIpc) is 2.61. The van der Waals surface area contributed by atoms with Crippen LogP contribution < -0.4 is 0 Å². The molecular formula is C10H15NO3. The summed E-state index contributed by atoms with van der Waals surface area (Å²) in [5.74, 6) is 1.04. The molecule has 4 heteroatoms. The minimum Gasteiger partial charge on any atom is -0.504 e. The predicted octanol–water partition coefficient (Wildman–Crippen LogP) is 1.54. The fraction of sp³-hybridized carbons (Fsp3) is 0.700. The van der Waals surface area contributed by atoms with Crippen LogP contribution in [-0.2, 0) is 4.74 Å². The molecule has 2 aliphatic rings. The van der Waals surface area contributed by atoms with E-state index in [4.69, 9.17) is 9.84 Å². The van der Waals surface area contributed by atoms with Crippen molar-refractivity contribution in [2.45, 2.75) is 12.8 Å². The van der Waals surface area contributed by atoms with E-state index >= 15 is 0 Å². The molecule has 0 bridgehead atoms. The molecule has 1 aliphatic carbocycles. The highest BCUT2D eigenvalue weighted by Gasteiger charge is 2.40. The van der Waals surface area contributed by atoms with Gasteiger partial charge in [0.2, 0.25) is 0 Å². The van der Waals surface area contributed by atoms with Crippen molar-refractivity contribution in [1.29, 1.82) is 0 Å². The van der Waals surface area contributed by atoms with Crippen LogP contribution in [0.2, 0.25) is 0 Å². The Labute approximate surface area is 83.2 Å². The second-order valence-corrected chi connectivity index (χ2v) is 4.13. The Bertz CT molecular complexity index is 259. The molecule has 0 unspecified atom stereocenters. The molecule has 1 N–H and O–H groups in total. The van der Waals surface area contributed by atoms with E-state index in [0.29, 0.717) is 24.9 Å². The molecule has 78 valence electrons. The summed E-state index contributed by atoms with van der Waals surface area (Å²) in [5, 5.41) is 8.82. The second kappa shape index (κ2) is 3.52. The standard InChI is InChI=1S/C10H15NO3/c1-14-6-7-2-8-4-11(10(12)13)5-9(8)3-7/h6,8-9H,2-5H2,1H3,(H,12,13)/t8-,9+. The van der Waals surface area contributed by atoms with E-state index in [9.17, 15) is 4.79 Å². The Hall–Kier alpha value is -1.19. The molecule has 1 heterocycles. The number of amides is 1. The second-order valence-electron chi connectivity index (χ2n) is 4.13. The molecule has 14 heavy (non-hydrogen) atoms. The van der Waals surface area contributed by atoms with E-state index in [2.05, 4.69) is 0 Å². The number of hydrogen-bond acceptors (Lipinski definition) is 2. The van der Waals surface area contributed by atoms with Crippen molar-refractivity contribution in [2.75, 3.05) is 20.2 Å². The number of hydrogen-bond donors (Lipinski definition) is 1. The molecule has 1 amide bonds. The van der Waals surface area contributed by atoms with E-state index in [1.54, 1.807) is 7.11 Å². The van der Waals surface area contributed by atoms with Crippen molar-refractivity contribution in [3.8, 4) is 0 Å². The molecule has 0 aromatic rings. The molecule has 0 aromatic carbocycles. The lowest BCUT2D eigenvalue weighted by molar-refractivity contribution is 0.152. The Morgan fingerprint density at radius 2 is 2.07 bits per heavy atom. The smallest absolute Gasteiger partial charge is 0.407 e. The quantitative estimate of drug-likeness (QED) is 0.648. The molecule has 0 aromatic heterocycles. The van der Waals surface area contributed by atoms with Crippen molar-refractivity contribution in [3.05, 3.63) is 11.8 Å². The summed E-state index contributed by atoms with van der Waals surface area (Å²) in [6.45, 7) is 1.39. The fourth-order valence-corrected chi connectivity index (χ4v) is 2.58. The Balaban J connectivity index is 1.96. The monoisotopic (exact) mass is 197 g/mol. The number of methoxy groups -OCH3 is 1. The molecule has 1 saturated heterocycles. The summed E-state index contributed by atoms with van der Waals surface area (Å²) in [7, 11) is 1.66. The number of nitrogens with zero attached hydrogens (tertiary/aromatic N) is 1. The Morgan fingerprint density at radius 1 is 1.50 bits per heavy atom. The third kappa shape index (κ3) is 1.56. The first kappa shape index (κ1) is 9.37. The maximum Gasteiger partial charge on any atom is 0.407 e. The zero-order chi connectivity index (χ0) is 10.1. The van der Waals surface area contributed by atoms with Crippen LogP contribution in [0.4, 0.5) is 4.79 Å². The van der Waals surface area contributed by atoms with Gasteiger partial charge in [-0.25, -0.2) is 4.79 Å². The first-order chi connectivity index (χ1) is 6.70. The lowest BCUT2D eigenvalue weighted by Crippen LogP contribution is -2.27.